The first-order valence-electron chi connectivity index (χ1n) is 21.8. The zero-order chi connectivity index (χ0) is 42.1. The Morgan fingerprint density at radius 2 is 0.857 bits per heavy atom. The Morgan fingerprint density at radius 3 is 1.65 bits per heavy atom. The van der Waals surface area contributed by atoms with E-state index in [4.69, 9.17) is 4.42 Å². The van der Waals surface area contributed by atoms with Crippen molar-refractivity contribution in [3.05, 3.63) is 236 Å². The molecule has 0 bridgehead atoms. The van der Waals surface area contributed by atoms with E-state index in [9.17, 15) is 0 Å². The van der Waals surface area contributed by atoms with Crippen molar-refractivity contribution in [1.29, 1.82) is 0 Å². The molecular weight excluding hydrogens is 763 g/mol. The summed E-state index contributed by atoms with van der Waals surface area (Å²) in [5.74, 6) is 0. The molecular formula is C61H43NO. The quantitative estimate of drug-likeness (QED) is 0.160. The van der Waals surface area contributed by atoms with Crippen LogP contribution in [0.15, 0.2) is 229 Å². The van der Waals surface area contributed by atoms with Crippen LogP contribution < -0.4 is 4.90 Å². The van der Waals surface area contributed by atoms with Crippen molar-refractivity contribution < 1.29 is 4.42 Å². The molecule has 1 aliphatic rings. The molecule has 298 valence electrons. The van der Waals surface area contributed by atoms with Gasteiger partial charge in [0, 0.05) is 33.1 Å². The van der Waals surface area contributed by atoms with Crippen molar-refractivity contribution >= 4 is 49.8 Å². The van der Waals surface area contributed by atoms with Crippen LogP contribution in [0, 0.1) is 0 Å². The molecule has 0 aliphatic heterocycles. The van der Waals surface area contributed by atoms with Crippen LogP contribution in [-0.2, 0) is 5.41 Å². The summed E-state index contributed by atoms with van der Waals surface area (Å²) >= 11 is 0. The third-order valence-corrected chi connectivity index (χ3v) is 13.3. The lowest BCUT2D eigenvalue weighted by Gasteiger charge is -2.28. The van der Waals surface area contributed by atoms with Gasteiger partial charge in [-0.15, -0.1) is 0 Å². The predicted molar refractivity (Wildman–Crippen MR) is 265 cm³/mol. The second-order valence-corrected chi connectivity index (χ2v) is 17.3. The highest BCUT2D eigenvalue weighted by Gasteiger charge is 2.37. The van der Waals surface area contributed by atoms with Crippen LogP contribution in [0.4, 0.5) is 17.1 Å². The molecule has 1 heterocycles. The lowest BCUT2D eigenvalue weighted by molar-refractivity contribution is 0.662. The normalized spacial score (nSPS) is 12.7. The average molecular weight is 806 g/mol. The molecule has 0 atom stereocenters. The Labute approximate surface area is 368 Å². The molecule has 11 aromatic rings. The minimum Gasteiger partial charge on any atom is -0.456 e. The van der Waals surface area contributed by atoms with E-state index in [0.29, 0.717) is 0 Å². The molecule has 63 heavy (non-hydrogen) atoms. The number of furan rings is 1. The zero-order valence-corrected chi connectivity index (χ0v) is 35.2. The lowest BCUT2D eigenvalue weighted by Crippen LogP contribution is -2.16. The van der Waals surface area contributed by atoms with Crippen molar-refractivity contribution in [2.45, 2.75) is 19.3 Å². The third kappa shape index (κ3) is 6.09. The van der Waals surface area contributed by atoms with Crippen LogP contribution >= 0.6 is 0 Å². The summed E-state index contributed by atoms with van der Waals surface area (Å²) < 4.78 is 6.40. The molecule has 1 aromatic heterocycles. The van der Waals surface area contributed by atoms with Gasteiger partial charge in [0.05, 0.1) is 5.69 Å². The Hall–Kier alpha value is -7.94. The zero-order valence-electron chi connectivity index (χ0n) is 35.2. The SMILES string of the molecule is CC1(C)c2ccccc2-c2cccc(-c3ccc(N(c4ccc(-c5ccc(-c6cccc7ccccc67)cc5)cc4)c4ccccc4-c4ccc5c(c4)oc4ccccc45)cc3)c21. The number of rotatable bonds is 7. The van der Waals surface area contributed by atoms with Crippen LogP contribution in [0.25, 0.3) is 88.3 Å². The van der Waals surface area contributed by atoms with Gasteiger partial charge in [0.2, 0.25) is 0 Å². The van der Waals surface area contributed by atoms with Crippen LogP contribution in [0.5, 0.6) is 0 Å². The van der Waals surface area contributed by atoms with Gasteiger partial charge >= 0.3 is 0 Å². The standard InChI is InChI=1S/C61H43NO/c1-61(2)56-22-8-5-17-52(56)55-21-12-20-51(60(55)61)44-31-36-47(37-32-44)62(57-23-9-6-16-50(57)45-33-38-54-53-18-7-10-24-58(53)63-59(54)39-45)46-34-29-41(30-35-46)40-25-27-43(28-26-40)49-19-11-14-42-13-3-4-15-48(42)49/h3-39H,1-2H3. The fourth-order valence-corrected chi connectivity index (χ4v) is 10.2. The molecule has 0 unspecified atom stereocenters. The number of nitrogens with zero attached hydrogens (tertiary/aromatic N) is 1. The van der Waals surface area contributed by atoms with Gasteiger partial charge in [0.1, 0.15) is 11.2 Å². The van der Waals surface area contributed by atoms with Gasteiger partial charge in [-0.3, -0.25) is 0 Å². The summed E-state index contributed by atoms with van der Waals surface area (Å²) in [6.45, 7) is 4.72. The second-order valence-electron chi connectivity index (χ2n) is 17.3. The Bertz CT molecular complexity index is 3510. The van der Waals surface area contributed by atoms with Gasteiger partial charge in [-0.1, -0.05) is 190 Å². The molecule has 0 saturated heterocycles. The summed E-state index contributed by atoms with van der Waals surface area (Å²) in [5.41, 5.74) is 19.9. The molecule has 0 N–H and O–H groups in total. The third-order valence-electron chi connectivity index (χ3n) is 13.3. The highest BCUT2D eigenvalue weighted by molar-refractivity contribution is 6.06. The smallest absolute Gasteiger partial charge is 0.136 e. The largest absolute Gasteiger partial charge is 0.456 e. The monoisotopic (exact) mass is 805 g/mol. The van der Waals surface area contributed by atoms with E-state index in [-0.39, 0.29) is 5.41 Å². The minimum absolute atomic E-state index is 0.106. The molecule has 1 aliphatic carbocycles. The maximum atomic E-state index is 6.40. The number of hydrogen-bond donors (Lipinski definition) is 0. The second kappa shape index (κ2) is 14.6. The van der Waals surface area contributed by atoms with Crippen molar-refractivity contribution in [2.75, 3.05) is 4.90 Å². The highest BCUT2D eigenvalue weighted by atomic mass is 16.3. The average Bonchev–Trinajstić information content (AvgIpc) is 3.83. The van der Waals surface area contributed by atoms with Crippen molar-refractivity contribution in [3.63, 3.8) is 0 Å². The van der Waals surface area contributed by atoms with Crippen molar-refractivity contribution in [1.82, 2.24) is 0 Å². The van der Waals surface area contributed by atoms with Crippen LogP contribution in [0.3, 0.4) is 0 Å². The predicted octanol–water partition coefficient (Wildman–Crippen LogP) is 17.2. The summed E-state index contributed by atoms with van der Waals surface area (Å²) in [5, 5.41) is 4.78. The fraction of sp³-hybridized carbons (Fsp3) is 0.0492. The number of hydrogen-bond acceptors (Lipinski definition) is 2. The Kier molecular flexibility index (Phi) is 8.55. The number of anilines is 3. The molecule has 10 aromatic carbocycles. The molecule has 0 saturated carbocycles. The summed E-state index contributed by atoms with van der Waals surface area (Å²) in [7, 11) is 0. The number of fused-ring (bicyclic) bond motifs is 7. The summed E-state index contributed by atoms with van der Waals surface area (Å²) in [6.07, 6.45) is 0. The molecule has 0 fully saturated rings. The van der Waals surface area contributed by atoms with Gasteiger partial charge in [0.25, 0.3) is 0 Å². The van der Waals surface area contributed by atoms with Crippen LogP contribution in [-0.4, -0.2) is 0 Å². The van der Waals surface area contributed by atoms with Gasteiger partial charge < -0.3 is 9.32 Å². The van der Waals surface area contributed by atoms with Gasteiger partial charge in [-0.2, -0.15) is 0 Å². The molecule has 0 radical (unpaired) electrons. The van der Waals surface area contributed by atoms with Crippen molar-refractivity contribution in [2.24, 2.45) is 0 Å². The van der Waals surface area contributed by atoms with Crippen molar-refractivity contribution in [3.8, 4) is 55.6 Å². The van der Waals surface area contributed by atoms with E-state index in [0.717, 1.165) is 50.1 Å². The molecule has 12 rings (SSSR count). The Morgan fingerprint density at radius 1 is 0.349 bits per heavy atom. The topological polar surface area (TPSA) is 16.4 Å². The molecule has 0 spiro atoms. The first kappa shape index (κ1) is 36.9. The van der Waals surface area contributed by atoms with Gasteiger partial charge in [0.15, 0.2) is 0 Å². The van der Waals surface area contributed by atoms with E-state index in [2.05, 4.69) is 231 Å². The van der Waals surface area contributed by atoms with E-state index in [1.54, 1.807) is 0 Å². The lowest BCUT2D eigenvalue weighted by atomic mass is 9.79. The Balaban J connectivity index is 0.949. The van der Waals surface area contributed by atoms with Gasteiger partial charge in [-0.25, -0.2) is 0 Å². The van der Waals surface area contributed by atoms with E-state index in [1.165, 1.54) is 66.4 Å². The molecule has 2 nitrogen and oxygen atoms in total. The van der Waals surface area contributed by atoms with Crippen LogP contribution in [0.1, 0.15) is 25.0 Å². The highest BCUT2D eigenvalue weighted by Crippen LogP contribution is 2.52. The summed E-state index contributed by atoms with van der Waals surface area (Å²) in [4.78, 5) is 2.39. The maximum Gasteiger partial charge on any atom is 0.136 e. The maximum absolute atomic E-state index is 6.40. The molecule has 2 heteroatoms. The minimum atomic E-state index is -0.106. The fourth-order valence-electron chi connectivity index (χ4n) is 10.2. The van der Waals surface area contributed by atoms with E-state index >= 15 is 0 Å². The number of benzene rings is 10. The van der Waals surface area contributed by atoms with Crippen LogP contribution in [0.2, 0.25) is 0 Å². The summed E-state index contributed by atoms with van der Waals surface area (Å²) in [6, 6.07) is 81.6. The number of para-hydroxylation sites is 2. The van der Waals surface area contributed by atoms with Gasteiger partial charge in [-0.05, 0) is 121 Å². The first-order chi connectivity index (χ1) is 31.0. The first-order valence-corrected chi connectivity index (χ1v) is 21.8. The molecule has 0 amide bonds. The van der Waals surface area contributed by atoms with E-state index < -0.39 is 0 Å². The van der Waals surface area contributed by atoms with E-state index in [1.807, 2.05) is 12.1 Å².